The van der Waals surface area contributed by atoms with Crippen LogP contribution in [-0.2, 0) is 0 Å². The summed E-state index contributed by atoms with van der Waals surface area (Å²) < 4.78 is 2.92. The summed E-state index contributed by atoms with van der Waals surface area (Å²) in [6.45, 7) is 0. The van der Waals surface area contributed by atoms with Crippen LogP contribution in [-0.4, -0.2) is 53.4 Å². The van der Waals surface area contributed by atoms with E-state index in [0.29, 0.717) is 21.9 Å². The molecule has 3 N–H and O–H groups in total. The van der Waals surface area contributed by atoms with Crippen LogP contribution < -0.4 is 5.73 Å². The fourth-order valence-electron chi connectivity index (χ4n) is 2.89. The van der Waals surface area contributed by atoms with Gasteiger partial charge in [0.2, 0.25) is 17.0 Å². The normalized spacial score (nSPS) is 10.9. The molecule has 4 aromatic rings. The Hall–Kier alpha value is -3.99. The molecule has 11 heteroatoms. The van der Waals surface area contributed by atoms with Crippen molar-refractivity contribution in [2.45, 2.75) is 5.16 Å². The van der Waals surface area contributed by atoms with Crippen molar-refractivity contribution in [3.63, 3.8) is 0 Å². The lowest BCUT2D eigenvalue weighted by Gasteiger charge is -2.06. The number of carboxylic acids is 1. The number of aromatic carboxylic acids is 1. The Kier molecular flexibility index (Phi) is 5.02. The number of aromatic nitrogens is 5. The highest BCUT2D eigenvalue weighted by Crippen LogP contribution is 2.22. The molecule has 0 aliphatic rings. The number of carboxylic acid groups (broad SMARTS) is 1. The molecule has 0 aliphatic heterocycles. The molecule has 0 radical (unpaired) electrons. The van der Waals surface area contributed by atoms with E-state index in [9.17, 15) is 14.4 Å². The van der Waals surface area contributed by atoms with Crippen molar-refractivity contribution in [2.24, 2.45) is 5.73 Å². The second kappa shape index (κ2) is 7.79. The van der Waals surface area contributed by atoms with E-state index in [2.05, 4.69) is 15.5 Å². The van der Waals surface area contributed by atoms with Crippen LogP contribution >= 0.6 is 11.8 Å². The van der Waals surface area contributed by atoms with Gasteiger partial charge in [-0.05, 0) is 59.0 Å². The quantitative estimate of drug-likeness (QED) is 0.448. The molecule has 0 saturated heterocycles. The highest BCUT2D eigenvalue weighted by Gasteiger charge is 2.15. The third kappa shape index (κ3) is 3.65. The number of rotatable bonds is 6. The first-order valence-corrected chi connectivity index (χ1v) is 9.61. The Bertz CT molecular complexity index is 1280. The first-order chi connectivity index (χ1) is 14.4. The first-order valence-electron chi connectivity index (χ1n) is 8.63. The van der Waals surface area contributed by atoms with Crippen LogP contribution in [0.25, 0.3) is 16.6 Å². The first kappa shape index (κ1) is 19.3. The molecule has 1 amide bonds. The summed E-state index contributed by atoms with van der Waals surface area (Å²) in [5.74, 6) is -1.69. The summed E-state index contributed by atoms with van der Waals surface area (Å²) in [7, 11) is 0. The Balaban J connectivity index is 1.51. The SMILES string of the molecule is NC(=O)c1ccc2c(ccn2C(=O)CSc2nnnn2-c2ccc(C(=O)O)cc2)c1. The maximum Gasteiger partial charge on any atom is 0.335 e. The van der Waals surface area contributed by atoms with Crippen LogP contribution in [0.3, 0.4) is 0 Å². The topological polar surface area (TPSA) is 146 Å². The zero-order valence-corrected chi connectivity index (χ0v) is 16.1. The standard InChI is InChI=1S/C19H14N6O4S/c20-17(27)13-3-6-15-12(9-13)7-8-24(15)16(26)10-30-19-21-22-23-25(19)14-4-1-11(2-5-14)18(28)29/h1-9H,10H2,(H2,20,27)(H,28,29). The monoisotopic (exact) mass is 422 g/mol. The van der Waals surface area contributed by atoms with E-state index in [1.54, 1.807) is 42.6 Å². The minimum Gasteiger partial charge on any atom is -0.478 e. The number of benzene rings is 2. The van der Waals surface area contributed by atoms with Gasteiger partial charge in [-0.25, -0.2) is 4.79 Å². The molecule has 0 saturated carbocycles. The minimum absolute atomic E-state index is 0.0644. The van der Waals surface area contributed by atoms with Gasteiger partial charge >= 0.3 is 5.97 Å². The summed E-state index contributed by atoms with van der Waals surface area (Å²) in [6.07, 6.45) is 1.63. The van der Waals surface area contributed by atoms with Crippen molar-refractivity contribution in [2.75, 3.05) is 5.75 Å². The molecule has 150 valence electrons. The number of nitrogens with zero attached hydrogens (tertiary/aromatic N) is 5. The fourth-order valence-corrected chi connectivity index (χ4v) is 3.64. The second-order valence-corrected chi connectivity index (χ2v) is 7.17. The highest BCUT2D eigenvalue weighted by molar-refractivity contribution is 7.99. The number of amides is 1. The number of tetrazole rings is 1. The molecule has 2 aromatic heterocycles. The zero-order chi connectivity index (χ0) is 21.3. The Morgan fingerprint density at radius 1 is 1.03 bits per heavy atom. The number of carbonyl (C=O) groups is 3. The largest absolute Gasteiger partial charge is 0.478 e. The second-order valence-electron chi connectivity index (χ2n) is 6.23. The van der Waals surface area contributed by atoms with E-state index in [1.807, 2.05) is 0 Å². The Labute approximate surface area is 173 Å². The number of hydrogen-bond donors (Lipinski definition) is 2. The maximum absolute atomic E-state index is 12.7. The van der Waals surface area contributed by atoms with Gasteiger partial charge in [0, 0.05) is 17.1 Å². The van der Waals surface area contributed by atoms with Crippen LogP contribution in [0.4, 0.5) is 0 Å². The van der Waals surface area contributed by atoms with Gasteiger partial charge in [-0.2, -0.15) is 4.68 Å². The van der Waals surface area contributed by atoms with Gasteiger partial charge in [0.15, 0.2) is 0 Å². The number of hydrogen-bond acceptors (Lipinski definition) is 7. The van der Waals surface area contributed by atoms with Gasteiger partial charge in [-0.15, -0.1) is 5.10 Å². The van der Waals surface area contributed by atoms with Crippen LogP contribution in [0.15, 0.2) is 59.9 Å². The van der Waals surface area contributed by atoms with Gasteiger partial charge < -0.3 is 10.8 Å². The number of primary amides is 1. The Morgan fingerprint density at radius 2 is 1.77 bits per heavy atom. The predicted molar refractivity (Wildman–Crippen MR) is 108 cm³/mol. The number of carbonyl (C=O) groups excluding carboxylic acids is 2. The molecule has 4 rings (SSSR count). The molecule has 0 bridgehead atoms. The lowest BCUT2D eigenvalue weighted by molar-refractivity contribution is 0.0696. The lowest BCUT2D eigenvalue weighted by Crippen LogP contribution is -2.13. The lowest BCUT2D eigenvalue weighted by atomic mass is 10.1. The Morgan fingerprint density at radius 3 is 2.47 bits per heavy atom. The van der Waals surface area contributed by atoms with Gasteiger partial charge in [0.1, 0.15) is 0 Å². The van der Waals surface area contributed by atoms with Gasteiger partial charge in [-0.3, -0.25) is 14.2 Å². The molecule has 30 heavy (non-hydrogen) atoms. The summed E-state index contributed by atoms with van der Waals surface area (Å²) in [6, 6.07) is 12.7. The van der Waals surface area contributed by atoms with Crippen molar-refractivity contribution in [1.29, 1.82) is 0 Å². The predicted octanol–water partition coefficient (Wildman–Crippen LogP) is 1.85. The molecule has 0 atom stereocenters. The molecule has 0 fully saturated rings. The van der Waals surface area contributed by atoms with Crippen molar-refractivity contribution in [3.05, 3.63) is 65.9 Å². The average molecular weight is 422 g/mol. The maximum atomic E-state index is 12.7. The van der Waals surface area contributed by atoms with Crippen LogP contribution in [0.5, 0.6) is 0 Å². The third-order valence-electron chi connectivity index (χ3n) is 4.37. The van der Waals surface area contributed by atoms with Crippen molar-refractivity contribution in [1.82, 2.24) is 24.8 Å². The average Bonchev–Trinajstić information content (AvgIpc) is 3.38. The molecular weight excluding hydrogens is 408 g/mol. The number of thioether (sulfide) groups is 1. The molecule has 0 spiro atoms. The van der Waals surface area contributed by atoms with Crippen LogP contribution in [0, 0.1) is 0 Å². The highest BCUT2D eigenvalue weighted by atomic mass is 32.2. The molecule has 2 heterocycles. The van der Waals surface area contributed by atoms with E-state index in [0.717, 1.165) is 17.1 Å². The number of fused-ring (bicyclic) bond motifs is 1. The third-order valence-corrected chi connectivity index (χ3v) is 5.27. The molecular formula is C19H14N6O4S. The van der Waals surface area contributed by atoms with Gasteiger partial charge in [0.25, 0.3) is 0 Å². The molecule has 0 unspecified atom stereocenters. The molecule has 2 aromatic carbocycles. The van der Waals surface area contributed by atoms with Crippen molar-refractivity contribution >= 4 is 40.4 Å². The molecule has 10 nitrogen and oxygen atoms in total. The van der Waals surface area contributed by atoms with E-state index < -0.39 is 11.9 Å². The van der Waals surface area contributed by atoms with Crippen LogP contribution in [0.2, 0.25) is 0 Å². The van der Waals surface area contributed by atoms with Crippen LogP contribution in [0.1, 0.15) is 25.5 Å². The summed E-state index contributed by atoms with van der Waals surface area (Å²) in [5.41, 5.74) is 7.05. The van der Waals surface area contributed by atoms with Gasteiger partial charge in [0.05, 0.1) is 22.5 Å². The van der Waals surface area contributed by atoms with E-state index >= 15 is 0 Å². The van der Waals surface area contributed by atoms with Crippen molar-refractivity contribution < 1.29 is 19.5 Å². The smallest absolute Gasteiger partial charge is 0.335 e. The summed E-state index contributed by atoms with van der Waals surface area (Å²) in [4.78, 5) is 35.0. The molecule has 0 aliphatic carbocycles. The zero-order valence-electron chi connectivity index (χ0n) is 15.3. The minimum atomic E-state index is -1.03. The fraction of sp³-hybridized carbons (Fsp3) is 0.0526. The van der Waals surface area contributed by atoms with E-state index in [1.165, 1.54) is 21.4 Å². The van der Waals surface area contributed by atoms with Gasteiger partial charge in [-0.1, -0.05) is 11.8 Å². The summed E-state index contributed by atoms with van der Waals surface area (Å²) >= 11 is 1.15. The van der Waals surface area contributed by atoms with E-state index in [4.69, 9.17) is 10.8 Å². The summed E-state index contributed by atoms with van der Waals surface area (Å²) in [5, 5.41) is 21.6. The number of nitrogens with two attached hydrogens (primary N) is 1. The van der Waals surface area contributed by atoms with Crippen molar-refractivity contribution in [3.8, 4) is 5.69 Å². The van der Waals surface area contributed by atoms with E-state index in [-0.39, 0.29) is 17.2 Å².